The number of ketones is 1. The number of phenolic OH excluding ortho intramolecular Hbond substituents is 1. The topological polar surface area (TPSA) is 83.8 Å². The van der Waals surface area contributed by atoms with Gasteiger partial charge in [0.15, 0.2) is 5.78 Å². The Kier molecular flexibility index (Phi) is 4.62. The highest BCUT2D eigenvalue weighted by molar-refractivity contribution is 6.02. The van der Waals surface area contributed by atoms with E-state index >= 15 is 0 Å². The van der Waals surface area contributed by atoms with Gasteiger partial charge >= 0.3 is 5.97 Å². The Morgan fingerprint density at radius 1 is 1.48 bits per heavy atom. The zero-order valence-electron chi connectivity index (χ0n) is 11.8. The van der Waals surface area contributed by atoms with Gasteiger partial charge in [-0.25, -0.2) is 0 Å². The number of carbonyl (C=O) groups is 2. The van der Waals surface area contributed by atoms with Gasteiger partial charge in [-0.1, -0.05) is 19.4 Å². The third-order valence-electron chi connectivity index (χ3n) is 3.26. The van der Waals surface area contributed by atoms with Crippen molar-refractivity contribution in [2.45, 2.75) is 38.7 Å². The van der Waals surface area contributed by atoms with Gasteiger partial charge < -0.3 is 14.9 Å². The highest BCUT2D eigenvalue weighted by Crippen LogP contribution is 2.34. The number of aromatic hydroxyl groups is 1. The van der Waals surface area contributed by atoms with E-state index in [1.54, 1.807) is 0 Å². The fourth-order valence-electron chi connectivity index (χ4n) is 2.38. The fraction of sp³-hybridized carbons (Fsp3) is 0.375. The molecule has 0 spiro atoms. The zero-order chi connectivity index (χ0) is 15.4. The maximum Gasteiger partial charge on any atom is 0.307 e. The van der Waals surface area contributed by atoms with E-state index in [4.69, 9.17) is 9.84 Å². The van der Waals surface area contributed by atoms with Crippen LogP contribution in [0.1, 0.15) is 42.1 Å². The van der Waals surface area contributed by atoms with E-state index in [9.17, 15) is 14.7 Å². The van der Waals surface area contributed by atoms with Crippen LogP contribution in [-0.2, 0) is 11.2 Å². The minimum Gasteiger partial charge on any atom is -0.508 e. The van der Waals surface area contributed by atoms with Crippen LogP contribution in [0.2, 0.25) is 0 Å². The molecule has 5 heteroatoms. The summed E-state index contributed by atoms with van der Waals surface area (Å²) in [6.07, 6.45) is 5.22. The van der Waals surface area contributed by atoms with Crippen LogP contribution >= 0.6 is 0 Å². The Morgan fingerprint density at radius 3 is 2.90 bits per heavy atom. The summed E-state index contributed by atoms with van der Waals surface area (Å²) in [4.78, 5) is 23.1. The van der Waals surface area contributed by atoms with E-state index in [1.807, 2.05) is 12.2 Å². The van der Waals surface area contributed by atoms with Crippen LogP contribution in [0.5, 0.6) is 11.5 Å². The molecule has 0 aromatic heterocycles. The number of carbonyl (C=O) groups excluding carboxylic acids is 1. The number of carboxylic acids is 1. The summed E-state index contributed by atoms with van der Waals surface area (Å²) < 4.78 is 5.69. The lowest BCUT2D eigenvalue weighted by atomic mass is 9.93. The molecule has 1 aliphatic rings. The molecule has 21 heavy (non-hydrogen) atoms. The molecule has 0 aliphatic carbocycles. The first-order valence-electron chi connectivity index (χ1n) is 6.95. The maximum absolute atomic E-state index is 12.3. The Hall–Kier alpha value is -2.30. The van der Waals surface area contributed by atoms with Crippen molar-refractivity contribution >= 4 is 11.8 Å². The van der Waals surface area contributed by atoms with Gasteiger partial charge in [0.25, 0.3) is 0 Å². The Bertz CT molecular complexity index is 589. The van der Waals surface area contributed by atoms with E-state index in [1.165, 1.54) is 12.1 Å². The normalized spacial score (nSPS) is 17.6. The molecule has 1 heterocycles. The molecule has 1 aromatic carbocycles. The molecule has 0 fully saturated rings. The number of allylic oxidation sites excluding steroid dienone is 1. The van der Waals surface area contributed by atoms with Gasteiger partial charge in [0, 0.05) is 6.07 Å². The minimum atomic E-state index is -1.06. The molecule has 2 N–H and O–H groups in total. The summed E-state index contributed by atoms with van der Waals surface area (Å²) in [5.41, 5.74) is 0.564. The second kappa shape index (κ2) is 6.43. The lowest BCUT2D eigenvalue weighted by Gasteiger charge is -2.25. The van der Waals surface area contributed by atoms with E-state index in [-0.39, 0.29) is 41.8 Å². The van der Waals surface area contributed by atoms with Gasteiger partial charge in [-0.15, -0.1) is 0 Å². The smallest absolute Gasteiger partial charge is 0.307 e. The first-order valence-corrected chi connectivity index (χ1v) is 6.95. The van der Waals surface area contributed by atoms with Crippen molar-refractivity contribution < 1.29 is 24.5 Å². The minimum absolute atomic E-state index is 0.101. The SMILES string of the molecule is CCC/C=C/C1CC(=O)c2c(CC(=O)O)cc(O)cc2O1. The lowest BCUT2D eigenvalue weighted by molar-refractivity contribution is -0.136. The standard InChI is InChI=1S/C16H18O5/c1-2-3-4-5-12-9-13(18)16-10(7-15(19)20)6-11(17)8-14(16)21-12/h4-6,8,12,17H,2-3,7,9H2,1H3,(H,19,20)/b5-4+. The van der Waals surface area contributed by atoms with E-state index < -0.39 is 5.97 Å². The highest BCUT2D eigenvalue weighted by atomic mass is 16.5. The second-order valence-corrected chi connectivity index (χ2v) is 5.05. The third-order valence-corrected chi connectivity index (χ3v) is 3.26. The third kappa shape index (κ3) is 3.62. The van der Waals surface area contributed by atoms with Crippen LogP contribution in [-0.4, -0.2) is 28.1 Å². The quantitative estimate of drug-likeness (QED) is 0.815. The van der Waals surface area contributed by atoms with Crippen LogP contribution in [0.25, 0.3) is 0 Å². The first-order chi connectivity index (χ1) is 10.0. The average molecular weight is 290 g/mol. The number of rotatable bonds is 5. The van der Waals surface area contributed by atoms with Crippen molar-refractivity contribution in [1.29, 1.82) is 0 Å². The van der Waals surface area contributed by atoms with E-state index in [2.05, 4.69) is 6.92 Å². The second-order valence-electron chi connectivity index (χ2n) is 5.05. The monoisotopic (exact) mass is 290 g/mol. The average Bonchev–Trinajstić information content (AvgIpc) is 2.37. The largest absolute Gasteiger partial charge is 0.508 e. The van der Waals surface area contributed by atoms with Gasteiger partial charge in [0.2, 0.25) is 0 Å². The van der Waals surface area contributed by atoms with E-state index in [0.29, 0.717) is 5.56 Å². The van der Waals surface area contributed by atoms with Crippen molar-refractivity contribution in [2.75, 3.05) is 0 Å². The van der Waals surface area contributed by atoms with Gasteiger partial charge in [0.1, 0.15) is 17.6 Å². The van der Waals surface area contributed by atoms with Gasteiger partial charge in [-0.2, -0.15) is 0 Å². The van der Waals surface area contributed by atoms with Crippen molar-refractivity contribution in [3.05, 3.63) is 35.4 Å². The van der Waals surface area contributed by atoms with Crippen LogP contribution in [0.4, 0.5) is 0 Å². The molecule has 2 rings (SSSR count). The van der Waals surface area contributed by atoms with Crippen molar-refractivity contribution in [3.63, 3.8) is 0 Å². The number of aliphatic carboxylic acids is 1. The fourth-order valence-corrected chi connectivity index (χ4v) is 2.38. The summed E-state index contributed by atoms with van der Waals surface area (Å²) in [6.45, 7) is 2.06. The van der Waals surface area contributed by atoms with Crippen molar-refractivity contribution in [3.8, 4) is 11.5 Å². The number of fused-ring (bicyclic) bond motifs is 1. The van der Waals surface area contributed by atoms with Crippen LogP contribution in [0.15, 0.2) is 24.3 Å². The number of phenols is 1. The van der Waals surface area contributed by atoms with Crippen molar-refractivity contribution in [2.24, 2.45) is 0 Å². The first kappa shape index (κ1) is 15.1. The molecule has 1 atom stereocenters. The number of hydrogen-bond donors (Lipinski definition) is 2. The number of Topliss-reactive ketones (excluding diaryl/α,β-unsaturated/α-hetero) is 1. The molecule has 112 valence electrons. The molecular formula is C16H18O5. The molecule has 0 radical (unpaired) electrons. The number of benzene rings is 1. The van der Waals surface area contributed by atoms with E-state index in [0.717, 1.165) is 12.8 Å². The molecule has 0 saturated carbocycles. The molecule has 1 aliphatic heterocycles. The Morgan fingerprint density at radius 2 is 2.24 bits per heavy atom. The lowest BCUT2D eigenvalue weighted by Crippen LogP contribution is -2.26. The predicted molar refractivity (Wildman–Crippen MR) is 76.9 cm³/mol. The number of carboxylic acid groups (broad SMARTS) is 1. The predicted octanol–water partition coefficient (Wildman–Crippen LogP) is 2.71. The molecular weight excluding hydrogens is 272 g/mol. The molecule has 5 nitrogen and oxygen atoms in total. The van der Waals surface area contributed by atoms with Gasteiger partial charge in [-0.3, -0.25) is 9.59 Å². The van der Waals surface area contributed by atoms with Crippen LogP contribution < -0.4 is 4.74 Å². The summed E-state index contributed by atoms with van der Waals surface area (Å²) in [5, 5.41) is 18.6. The zero-order valence-corrected chi connectivity index (χ0v) is 11.8. The maximum atomic E-state index is 12.3. The summed E-state index contributed by atoms with van der Waals surface area (Å²) in [5.74, 6) is -1.05. The molecule has 1 unspecified atom stereocenters. The molecule has 0 amide bonds. The highest BCUT2D eigenvalue weighted by Gasteiger charge is 2.28. The van der Waals surface area contributed by atoms with Crippen LogP contribution in [0, 0.1) is 0 Å². The summed E-state index contributed by atoms with van der Waals surface area (Å²) >= 11 is 0. The molecule has 1 aromatic rings. The molecule has 0 saturated heterocycles. The number of hydrogen-bond acceptors (Lipinski definition) is 4. The van der Waals surface area contributed by atoms with Crippen LogP contribution in [0.3, 0.4) is 0 Å². The summed E-state index contributed by atoms with van der Waals surface area (Å²) in [7, 11) is 0. The summed E-state index contributed by atoms with van der Waals surface area (Å²) in [6, 6.07) is 2.67. The van der Waals surface area contributed by atoms with Gasteiger partial charge in [0.05, 0.1) is 18.4 Å². The van der Waals surface area contributed by atoms with Crippen molar-refractivity contribution in [1.82, 2.24) is 0 Å². The van der Waals surface area contributed by atoms with Gasteiger partial charge in [-0.05, 0) is 24.1 Å². The number of ether oxygens (including phenoxy) is 1. The Labute approximate surface area is 122 Å². The Balaban J connectivity index is 2.32. The molecule has 0 bridgehead atoms. The number of unbranched alkanes of at least 4 members (excludes halogenated alkanes) is 1.